The van der Waals surface area contributed by atoms with Crippen molar-refractivity contribution in [3.05, 3.63) is 53.7 Å². The van der Waals surface area contributed by atoms with Crippen molar-refractivity contribution in [1.82, 2.24) is 10.2 Å². The molecule has 6 nitrogen and oxygen atoms in total. The number of anilines is 2. The number of aromatic amines is 1. The maximum absolute atomic E-state index is 14.3. The Kier molecular flexibility index (Phi) is 4.49. The van der Waals surface area contributed by atoms with Gasteiger partial charge in [0.2, 0.25) is 0 Å². The number of rotatable bonds is 3. The Morgan fingerprint density at radius 1 is 1.19 bits per heavy atom. The molecule has 140 valence electrons. The highest BCUT2D eigenvalue weighted by Crippen LogP contribution is 2.27. The van der Waals surface area contributed by atoms with E-state index in [1.54, 1.807) is 29.3 Å². The van der Waals surface area contributed by atoms with Gasteiger partial charge in [-0.2, -0.15) is 5.10 Å². The van der Waals surface area contributed by atoms with E-state index in [9.17, 15) is 18.7 Å². The first-order valence-corrected chi connectivity index (χ1v) is 8.68. The van der Waals surface area contributed by atoms with Crippen LogP contribution in [-0.2, 0) is 0 Å². The molecule has 0 aliphatic carbocycles. The Balaban J connectivity index is 1.59. The minimum Gasteiger partial charge on any atom is -0.393 e. The predicted molar refractivity (Wildman–Crippen MR) is 97.9 cm³/mol. The second-order valence-electron chi connectivity index (χ2n) is 6.63. The number of halogens is 2. The molecule has 3 aromatic rings. The lowest BCUT2D eigenvalue weighted by Crippen LogP contribution is -2.36. The predicted octanol–water partition coefficient (Wildman–Crippen LogP) is 3.05. The molecule has 0 bridgehead atoms. The van der Waals surface area contributed by atoms with Crippen molar-refractivity contribution >= 4 is 28.2 Å². The number of benzene rings is 2. The second kappa shape index (κ2) is 6.96. The van der Waals surface area contributed by atoms with Gasteiger partial charge in [-0.15, -0.1) is 0 Å². The summed E-state index contributed by atoms with van der Waals surface area (Å²) in [5, 5.41) is 19.8. The Hall–Kier alpha value is -3.00. The summed E-state index contributed by atoms with van der Waals surface area (Å²) >= 11 is 0. The number of carbonyl (C=O) groups is 1. The highest BCUT2D eigenvalue weighted by molar-refractivity contribution is 6.05. The van der Waals surface area contributed by atoms with Gasteiger partial charge < -0.3 is 15.3 Å². The number of aliphatic hydroxyl groups is 1. The molecule has 0 radical (unpaired) electrons. The summed E-state index contributed by atoms with van der Waals surface area (Å²) in [6.45, 7) is 0.891. The van der Waals surface area contributed by atoms with Crippen molar-refractivity contribution < 1.29 is 18.7 Å². The van der Waals surface area contributed by atoms with E-state index in [0.29, 0.717) is 31.6 Å². The summed E-state index contributed by atoms with van der Waals surface area (Å²) in [5.41, 5.74) is 1.14. The summed E-state index contributed by atoms with van der Waals surface area (Å²) in [6, 6.07) is 7.11. The van der Waals surface area contributed by atoms with Crippen molar-refractivity contribution in [1.29, 1.82) is 0 Å². The van der Waals surface area contributed by atoms with Crippen LogP contribution in [0.15, 0.2) is 36.5 Å². The lowest BCUT2D eigenvalue weighted by molar-refractivity contribution is 0.102. The van der Waals surface area contributed by atoms with Crippen LogP contribution >= 0.6 is 0 Å². The fourth-order valence-electron chi connectivity index (χ4n) is 3.27. The van der Waals surface area contributed by atoms with Gasteiger partial charge in [-0.05, 0) is 37.1 Å². The van der Waals surface area contributed by atoms with E-state index in [4.69, 9.17) is 0 Å². The molecule has 1 amide bonds. The van der Waals surface area contributed by atoms with Crippen LogP contribution in [0.1, 0.15) is 23.2 Å². The number of piperidine rings is 1. The van der Waals surface area contributed by atoms with Gasteiger partial charge in [-0.25, -0.2) is 8.78 Å². The van der Waals surface area contributed by atoms with Crippen LogP contribution in [0.3, 0.4) is 0 Å². The third-order valence-electron chi connectivity index (χ3n) is 4.79. The van der Waals surface area contributed by atoms with Gasteiger partial charge in [0.05, 0.1) is 29.1 Å². The van der Waals surface area contributed by atoms with E-state index in [1.807, 2.05) is 0 Å². The van der Waals surface area contributed by atoms with Gasteiger partial charge in [0, 0.05) is 30.2 Å². The summed E-state index contributed by atoms with van der Waals surface area (Å²) in [6.07, 6.45) is 2.25. The molecule has 1 aliphatic rings. The molecule has 2 heterocycles. The maximum atomic E-state index is 14.3. The first-order valence-electron chi connectivity index (χ1n) is 8.68. The average Bonchev–Trinajstić information content (AvgIpc) is 3.10. The highest BCUT2D eigenvalue weighted by Gasteiger charge is 2.23. The zero-order chi connectivity index (χ0) is 19.0. The number of amides is 1. The van der Waals surface area contributed by atoms with Gasteiger partial charge in [0.15, 0.2) is 0 Å². The number of aliphatic hydroxyl groups excluding tert-OH is 1. The molecule has 4 rings (SSSR count). The number of carbonyl (C=O) groups excluding carboxylic acids is 1. The van der Waals surface area contributed by atoms with Gasteiger partial charge in [-0.1, -0.05) is 0 Å². The van der Waals surface area contributed by atoms with E-state index in [2.05, 4.69) is 15.5 Å². The molecule has 0 unspecified atom stereocenters. The summed E-state index contributed by atoms with van der Waals surface area (Å²) in [5.74, 6) is -2.31. The number of aromatic nitrogens is 2. The number of nitrogens with one attached hydrogen (secondary N) is 2. The summed E-state index contributed by atoms with van der Waals surface area (Å²) < 4.78 is 28.5. The average molecular weight is 372 g/mol. The molecule has 0 atom stereocenters. The first-order chi connectivity index (χ1) is 13.0. The molecule has 27 heavy (non-hydrogen) atoms. The zero-order valence-corrected chi connectivity index (χ0v) is 14.4. The second-order valence-corrected chi connectivity index (χ2v) is 6.63. The number of fused-ring (bicyclic) bond motifs is 1. The molecule has 3 N–H and O–H groups in total. The largest absolute Gasteiger partial charge is 0.393 e. The highest BCUT2D eigenvalue weighted by atomic mass is 19.1. The molecule has 1 saturated heterocycles. The van der Waals surface area contributed by atoms with Gasteiger partial charge in [0.25, 0.3) is 5.91 Å². The van der Waals surface area contributed by atoms with Crippen LogP contribution in [0.25, 0.3) is 10.9 Å². The van der Waals surface area contributed by atoms with Gasteiger partial charge >= 0.3 is 0 Å². The number of nitrogens with zero attached hydrogens (tertiary/aromatic N) is 2. The molecule has 0 saturated carbocycles. The lowest BCUT2D eigenvalue weighted by Gasteiger charge is -2.31. The SMILES string of the molecule is O=C(Nc1ccc2cn[nH]c2c1)c1cc(N2CCC(O)CC2)c(F)cc1F. The van der Waals surface area contributed by atoms with Crippen LogP contribution in [0, 0.1) is 11.6 Å². The van der Waals surface area contributed by atoms with E-state index < -0.39 is 23.6 Å². The molecular weight excluding hydrogens is 354 g/mol. The molecule has 1 aromatic heterocycles. The van der Waals surface area contributed by atoms with Crippen molar-refractivity contribution in [2.75, 3.05) is 23.3 Å². The van der Waals surface area contributed by atoms with Crippen molar-refractivity contribution in [3.63, 3.8) is 0 Å². The third kappa shape index (κ3) is 3.48. The van der Waals surface area contributed by atoms with E-state index in [-0.39, 0.29) is 11.3 Å². The number of hydrogen-bond acceptors (Lipinski definition) is 4. The van der Waals surface area contributed by atoms with Crippen LogP contribution in [0.4, 0.5) is 20.2 Å². The minimum absolute atomic E-state index is 0.164. The topological polar surface area (TPSA) is 81.2 Å². The van der Waals surface area contributed by atoms with Gasteiger partial charge in [-0.3, -0.25) is 9.89 Å². The Morgan fingerprint density at radius 3 is 2.74 bits per heavy atom. The number of hydrogen-bond donors (Lipinski definition) is 3. The van der Waals surface area contributed by atoms with E-state index in [0.717, 1.165) is 17.0 Å². The molecule has 8 heteroatoms. The standard InChI is InChI=1S/C19H18F2N4O2/c20-15-9-16(21)18(25-5-3-13(26)4-6-25)8-14(15)19(27)23-12-2-1-11-10-22-24-17(11)7-12/h1-2,7-10,13,26H,3-6H2,(H,22,24)(H,23,27). The molecule has 1 aliphatic heterocycles. The quantitative estimate of drug-likeness (QED) is 0.660. The van der Waals surface area contributed by atoms with Crippen molar-refractivity contribution in [2.45, 2.75) is 18.9 Å². The first kappa shape index (κ1) is 17.4. The minimum atomic E-state index is -0.923. The summed E-state index contributed by atoms with van der Waals surface area (Å²) in [4.78, 5) is 14.3. The maximum Gasteiger partial charge on any atom is 0.258 e. The zero-order valence-electron chi connectivity index (χ0n) is 14.4. The third-order valence-corrected chi connectivity index (χ3v) is 4.79. The van der Waals surface area contributed by atoms with Crippen LogP contribution in [0.5, 0.6) is 0 Å². The Bertz CT molecular complexity index is 997. The van der Waals surface area contributed by atoms with E-state index >= 15 is 0 Å². The smallest absolute Gasteiger partial charge is 0.258 e. The monoisotopic (exact) mass is 372 g/mol. The van der Waals surface area contributed by atoms with Crippen molar-refractivity contribution in [3.8, 4) is 0 Å². The van der Waals surface area contributed by atoms with Gasteiger partial charge in [0.1, 0.15) is 11.6 Å². The Labute approximate surface area is 153 Å². The van der Waals surface area contributed by atoms with E-state index in [1.165, 1.54) is 6.07 Å². The number of H-pyrrole nitrogens is 1. The molecule has 2 aromatic carbocycles. The fourth-order valence-corrected chi connectivity index (χ4v) is 3.27. The van der Waals surface area contributed by atoms with Crippen LogP contribution < -0.4 is 10.2 Å². The molecule has 0 spiro atoms. The molecular formula is C19H18F2N4O2. The van der Waals surface area contributed by atoms with Crippen LogP contribution in [-0.4, -0.2) is 40.4 Å². The Morgan fingerprint density at radius 2 is 1.96 bits per heavy atom. The van der Waals surface area contributed by atoms with Crippen molar-refractivity contribution in [2.24, 2.45) is 0 Å². The summed E-state index contributed by atoms with van der Waals surface area (Å²) in [7, 11) is 0. The normalized spacial score (nSPS) is 15.3. The lowest BCUT2D eigenvalue weighted by atomic mass is 10.1. The van der Waals surface area contributed by atoms with Crippen LogP contribution in [0.2, 0.25) is 0 Å². The molecule has 1 fully saturated rings. The fraction of sp³-hybridized carbons (Fsp3) is 0.263.